The molecule has 1 saturated heterocycles. The standard InChI is InChI=1S/C16H13NO2/c1-2-11-8-16(19)17(10-11)15-5-3-4-12-6-7-13(18)9-14(12)15/h1,3-7,9,11,18H,8,10H2. The van der Waals surface area contributed by atoms with Crippen molar-refractivity contribution in [3.8, 4) is 18.1 Å². The third-order valence-electron chi connectivity index (χ3n) is 3.49. The quantitative estimate of drug-likeness (QED) is 0.791. The van der Waals surface area contributed by atoms with Crippen molar-refractivity contribution in [3.63, 3.8) is 0 Å². The first kappa shape index (κ1) is 11.6. The van der Waals surface area contributed by atoms with E-state index in [4.69, 9.17) is 6.42 Å². The van der Waals surface area contributed by atoms with Gasteiger partial charge in [0.25, 0.3) is 0 Å². The van der Waals surface area contributed by atoms with E-state index in [9.17, 15) is 9.90 Å². The van der Waals surface area contributed by atoms with E-state index in [-0.39, 0.29) is 17.6 Å². The first-order valence-corrected chi connectivity index (χ1v) is 6.17. The number of terminal acetylenes is 1. The van der Waals surface area contributed by atoms with Crippen LogP contribution in [0.15, 0.2) is 36.4 Å². The number of fused-ring (bicyclic) bond motifs is 1. The third-order valence-corrected chi connectivity index (χ3v) is 3.49. The maximum atomic E-state index is 12.0. The fourth-order valence-corrected chi connectivity index (χ4v) is 2.53. The molecule has 3 heteroatoms. The number of phenols is 1. The Balaban J connectivity index is 2.13. The molecule has 94 valence electrons. The number of nitrogens with zero attached hydrogens (tertiary/aromatic N) is 1. The van der Waals surface area contributed by atoms with Crippen molar-refractivity contribution in [1.82, 2.24) is 0 Å². The van der Waals surface area contributed by atoms with E-state index in [0.29, 0.717) is 13.0 Å². The summed E-state index contributed by atoms with van der Waals surface area (Å²) in [6.07, 6.45) is 5.80. The Morgan fingerprint density at radius 2 is 2.16 bits per heavy atom. The summed E-state index contributed by atoms with van der Waals surface area (Å²) >= 11 is 0. The molecule has 0 saturated carbocycles. The summed E-state index contributed by atoms with van der Waals surface area (Å²) in [5.74, 6) is 2.85. The molecule has 1 N–H and O–H groups in total. The SMILES string of the molecule is C#CC1CC(=O)N(c2cccc3ccc(O)cc23)C1. The van der Waals surface area contributed by atoms with Gasteiger partial charge in [-0.2, -0.15) is 0 Å². The Bertz CT molecular complexity index is 699. The molecule has 2 aromatic carbocycles. The molecule has 2 aromatic rings. The molecular formula is C16H13NO2. The number of aromatic hydroxyl groups is 1. The molecule has 1 heterocycles. The third kappa shape index (κ3) is 1.92. The number of hydrogen-bond acceptors (Lipinski definition) is 2. The lowest BCUT2D eigenvalue weighted by molar-refractivity contribution is -0.117. The van der Waals surface area contributed by atoms with Gasteiger partial charge >= 0.3 is 0 Å². The molecule has 0 spiro atoms. The van der Waals surface area contributed by atoms with Crippen molar-refractivity contribution >= 4 is 22.4 Å². The number of phenolic OH excluding ortho intramolecular Hbond substituents is 1. The molecule has 1 amide bonds. The number of carbonyl (C=O) groups excluding carboxylic acids is 1. The van der Waals surface area contributed by atoms with Gasteiger partial charge in [0.2, 0.25) is 5.91 Å². The zero-order valence-corrected chi connectivity index (χ0v) is 10.3. The number of amides is 1. The van der Waals surface area contributed by atoms with Crippen LogP contribution in [-0.2, 0) is 4.79 Å². The molecule has 0 aliphatic carbocycles. The molecule has 3 nitrogen and oxygen atoms in total. The van der Waals surface area contributed by atoms with Gasteiger partial charge in [-0.05, 0) is 23.6 Å². The monoisotopic (exact) mass is 251 g/mol. The van der Waals surface area contributed by atoms with E-state index in [1.807, 2.05) is 24.3 Å². The van der Waals surface area contributed by atoms with Crippen molar-refractivity contribution in [2.75, 3.05) is 11.4 Å². The van der Waals surface area contributed by atoms with E-state index in [0.717, 1.165) is 16.5 Å². The lowest BCUT2D eigenvalue weighted by Crippen LogP contribution is -2.24. The van der Waals surface area contributed by atoms with Crippen LogP contribution in [0.3, 0.4) is 0 Å². The zero-order chi connectivity index (χ0) is 13.4. The van der Waals surface area contributed by atoms with Crippen LogP contribution in [0.5, 0.6) is 5.75 Å². The summed E-state index contributed by atoms with van der Waals surface area (Å²) in [6.45, 7) is 0.546. The summed E-state index contributed by atoms with van der Waals surface area (Å²) in [7, 11) is 0. The molecule has 1 aliphatic heterocycles. The second-order valence-electron chi connectivity index (χ2n) is 4.75. The van der Waals surface area contributed by atoms with E-state index >= 15 is 0 Å². The molecule has 1 aliphatic rings. The van der Waals surface area contributed by atoms with Crippen molar-refractivity contribution < 1.29 is 9.90 Å². The minimum Gasteiger partial charge on any atom is -0.508 e. The van der Waals surface area contributed by atoms with Crippen LogP contribution in [0, 0.1) is 18.3 Å². The van der Waals surface area contributed by atoms with Gasteiger partial charge in [-0.1, -0.05) is 18.2 Å². The highest BCUT2D eigenvalue weighted by molar-refractivity contribution is 6.05. The number of anilines is 1. The van der Waals surface area contributed by atoms with Gasteiger partial charge in [0, 0.05) is 24.3 Å². The largest absolute Gasteiger partial charge is 0.508 e. The van der Waals surface area contributed by atoms with Crippen LogP contribution in [-0.4, -0.2) is 17.6 Å². The van der Waals surface area contributed by atoms with Crippen molar-refractivity contribution in [2.45, 2.75) is 6.42 Å². The highest BCUT2D eigenvalue weighted by atomic mass is 16.3. The van der Waals surface area contributed by atoms with Crippen LogP contribution in [0.1, 0.15) is 6.42 Å². The van der Waals surface area contributed by atoms with Gasteiger partial charge in [-0.3, -0.25) is 4.79 Å². The summed E-state index contributed by atoms with van der Waals surface area (Å²) in [6, 6.07) is 10.9. The zero-order valence-electron chi connectivity index (χ0n) is 10.3. The normalized spacial score (nSPS) is 18.8. The lowest BCUT2D eigenvalue weighted by atomic mass is 10.1. The molecule has 1 atom stereocenters. The lowest BCUT2D eigenvalue weighted by Gasteiger charge is -2.18. The van der Waals surface area contributed by atoms with Gasteiger partial charge in [-0.15, -0.1) is 12.3 Å². The maximum Gasteiger partial charge on any atom is 0.228 e. The van der Waals surface area contributed by atoms with E-state index in [1.165, 1.54) is 0 Å². The van der Waals surface area contributed by atoms with Gasteiger partial charge in [0.1, 0.15) is 5.75 Å². The minimum absolute atomic E-state index is 0.0277. The first-order chi connectivity index (χ1) is 9.19. The molecule has 0 aromatic heterocycles. The summed E-state index contributed by atoms with van der Waals surface area (Å²) in [5, 5.41) is 11.5. The molecule has 0 bridgehead atoms. The predicted molar refractivity (Wildman–Crippen MR) is 74.9 cm³/mol. The first-order valence-electron chi connectivity index (χ1n) is 6.17. The van der Waals surface area contributed by atoms with Crippen LogP contribution >= 0.6 is 0 Å². The molecule has 19 heavy (non-hydrogen) atoms. The Hall–Kier alpha value is -2.47. The Kier molecular flexibility index (Phi) is 2.64. The fraction of sp³-hybridized carbons (Fsp3) is 0.188. The van der Waals surface area contributed by atoms with Crippen molar-refractivity contribution in [3.05, 3.63) is 36.4 Å². The minimum atomic E-state index is -0.0277. The number of rotatable bonds is 1. The Labute approximate surface area is 111 Å². The number of hydrogen-bond donors (Lipinski definition) is 1. The Morgan fingerprint density at radius 3 is 2.89 bits per heavy atom. The van der Waals surface area contributed by atoms with E-state index in [1.54, 1.807) is 17.0 Å². The highest BCUT2D eigenvalue weighted by Crippen LogP contribution is 2.33. The van der Waals surface area contributed by atoms with Crippen LogP contribution in [0.4, 0.5) is 5.69 Å². The highest BCUT2D eigenvalue weighted by Gasteiger charge is 2.30. The van der Waals surface area contributed by atoms with Crippen LogP contribution in [0.2, 0.25) is 0 Å². The van der Waals surface area contributed by atoms with Gasteiger partial charge in [0.05, 0.1) is 5.69 Å². The van der Waals surface area contributed by atoms with Gasteiger partial charge < -0.3 is 10.0 Å². The van der Waals surface area contributed by atoms with Gasteiger partial charge in [0.15, 0.2) is 0 Å². The smallest absolute Gasteiger partial charge is 0.228 e. The van der Waals surface area contributed by atoms with E-state index < -0.39 is 0 Å². The second kappa shape index (κ2) is 4.33. The maximum absolute atomic E-state index is 12.0. The molecule has 3 rings (SSSR count). The summed E-state index contributed by atoms with van der Waals surface area (Å²) in [4.78, 5) is 13.8. The average molecular weight is 251 g/mol. The second-order valence-corrected chi connectivity index (χ2v) is 4.75. The average Bonchev–Trinajstić information content (AvgIpc) is 2.79. The topological polar surface area (TPSA) is 40.5 Å². The fourth-order valence-electron chi connectivity index (χ4n) is 2.53. The van der Waals surface area contributed by atoms with Gasteiger partial charge in [-0.25, -0.2) is 0 Å². The van der Waals surface area contributed by atoms with E-state index in [2.05, 4.69) is 5.92 Å². The summed E-state index contributed by atoms with van der Waals surface area (Å²) in [5.41, 5.74) is 0.816. The Morgan fingerprint density at radius 1 is 1.32 bits per heavy atom. The van der Waals surface area contributed by atoms with Crippen LogP contribution < -0.4 is 4.90 Å². The number of carbonyl (C=O) groups is 1. The van der Waals surface area contributed by atoms with Crippen LogP contribution in [0.25, 0.3) is 10.8 Å². The predicted octanol–water partition coefficient (Wildman–Crippen LogP) is 2.53. The molecule has 1 unspecified atom stereocenters. The molecule has 0 radical (unpaired) electrons. The molecule has 1 fully saturated rings. The summed E-state index contributed by atoms with van der Waals surface area (Å²) < 4.78 is 0. The molecular weight excluding hydrogens is 238 g/mol. The van der Waals surface area contributed by atoms with Crippen molar-refractivity contribution in [1.29, 1.82) is 0 Å². The van der Waals surface area contributed by atoms with Crippen molar-refractivity contribution in [2.24, 2.45) is 5.92 Å². The number of benzene rings is 2.